The van der Waals surface area contributed by atoms with Crippen molar-refractivity contribution in [1.82, 2.24) is 0 Å². The monoisotopic (exact) mass is 933 g/mol. The van der Waals surface area contributed by atoms with Crippen molar-refractivity contribution in [3.8, 4) is 0 Å². The van der Waals surface area contributed by atoms with Gasteiger partial charge in [0.1, 0.15) is 13.2 Å². The Bertz CT molecular complexity index is 1300. The largest absolute Gasteiger partial charge is 0.462 e. The Morgan fingerprint density at radius 1 is 0.313 bits per heavy atom. The van der Waals surface area contributed by atoms with E-state index in [1.54, 1.807) is 0 Å². The fourth-order valence-electron chi connectivity index (χ4n) is 7.72. The maximum atomic E-state index is 12.8. The molecule has 6 nitrogen and oxygen atoms in total. The molecule has 0 fully saturated rings. The van der Waals surface area contributed by atoms with Crippen molar-refractivity contribution in [2.75, 3.05) is 13.2 Å². The van der Waals surface area contributed by atoms with Gasteiger partial charge in [0.2, 0.25) is 0 Å². The summed E-state index contributed by atoms with van der Waals surface area (Å²) in [5, 5.41) is 0. The highest BCUT2D eigenvalue weighted by Gasteiger charge is 2.19. The summed E-state index contributed by atoms with van der Waals surface area (Å²) in [5.41, 5.74) is 0. The Balaban J connectivity index is 4.47. The Hall–Kier alpha value is -3.41. The van der Waals surface area contributed by atoms with E-state index < -0.39 is 6.10 Å². The number of allylic oxidation sites excluding steroid dienone is 14. The fraction of sp³-hybridized carbons (Fsp3) is 0.721. The molecule has 384 valence electrons. The molecule has 0 amide bonds. The van der Waals surface area contributed by atoms with Crippen molar-refractivity contribution < 1.29 is 28.6 Å². The molecule has 6 heteroatoms. The third-order valence-electron chi connectivity index (χ3n) is 12.0. The second kappa shape index (κ2) is 55.2. The van der Waals surface area contributed by atoms with Crippen LogP contribution in [0.2, 0.25) is 0 Å². The molecule has 0 aliphatic rings. The van der Waals surface area contributed by atoms with Crippen molar-refractivity contribution in [2.24, 2.45) is 0 Å². The van der Waals surface area contributed by atoms with Gasteiger partial charge in [0, 0.05) is 19.3 Å². The lowest BCUT2D eigenvalue weighted by atomic mass is 10.1. The molecule has 0 saturated heterocycles. The number of esters is 3. The van der Waals surface area contributed by atoms with Crippen LogP contribution >= 0.6 is 0 Å². The highest BCUT2D eigenvalue weighted by Crippen LogP contribution is 2.14. The lowest BCUT2D eigenvalue weighted by Crippen LogP contribution is -2.30. The van der Waals surface area contributed by atoms with Gasteiger partial charge in [0.05, 0.1) is 0 Å². The van der Waals surface area contributed by atoms with Gasteiger partial charge in [-0.15, -0.1) is 0 Å². The zero-order valence-electron chi connectivity index (χ0n) is 43.9. The Labute approximate surface area is 414 Å². The molecule has 0 aromatic heterocycles. The number of hydrogen-bond acceptors (Lipinski definition) is 6. The van der Waals surface area contributed by atoms with Gasteiger partial charge in [-0.05, 0) is 89.9 Å². The maximum absolute atomic E-state index is 12.8. The predicted octanol–water partition coefficient (Wildman–Crippen LogP) is 18.8. The molecule has 1 atom stereocenters. The average molecular weight is 933 g/mol. The summed E-state index contributed by atoms with van der Waals surface area (Å²) in [6, 6.07) is 0. The van der Waals surface area contributed by atoms with Crippen LogP contribution in [0.15, 0.2) is 85.1 Å². The number of rotatable bonds is 50. The first-order chi connectivity index (χ1) is 33.0. The summed E-state index contributed by atoms with van der Waals surface area (Å²) >= 11 is 0. The molecule has 0 N–H and O–H groups in total. The van der Waals surface area contributed by atoms with E-state index in [2.05, 4.69) is 106 Å². The van der Waals surface area contributed by atoms with Gasteiger partial charge in [0.25, 0.3) is 0 Å². The topological polar surface area (TPSA) is 78.9 Å². The van der Waals surface area contributed by atoms with E-state index in [1.807, 2.05) is 0 Å². The molecule has 0 aromatic rings. The van der Waals surface area contributed by atoms with Crippen LogP contribution < -0.4 is 0 Å². The quantitative estimate of drug-likeness (QED) is 0.0262. The first kappa shape index (κ1) is 63.6. The number of hydrogen-bond donors (Lipinski definition) is 0. The lowest BCUT2D eigenvalue weighted by Gasteiger charge is -2.18. The minimum Gasteiger partial charge on any atom is -0.462 e. The van der Waals surface area contributed by atoms with E-state index >= 15 is 0 Å². The van der Waals surface area contributed by atoms with Crippen LogP contribution in [0.25, 0.3) is 0 Å². The van der Waals surface area contributed by atoms with Crippen molar-refractivity contribution in [3.05, 3.63) is 85.1 Å². The molecule has 0 aliphatic carbocycles. The van der Waals surface area contributed by atoms with Crippen molar-refractivity contribution in [3.63, 3.8) is 0 Å². The summed E-state index contributed by atoms with van der Waals surface area (Å²) < 4.78 is 16.8. The highest BCUT2D eigenvalue weighted by molar-refractivity contribution is 5.71. The van der Waals surface area contributed by atoms with Crippen LogP contribution in [0.1, 0.15) is 265 Å². The molecule has 0 bridgehead atoms. The average Bonchev–Trinajstić information content (AvgIpc) is 3.33. The Kier molecular flexibility index (Phi) is 52.4. The van der Waals surface area contributed by atoms with Crippen molar-refractivity contribution in [2.45, 2.75) is 271 Å². The Morgan fingerprint density at radius 3 is 0.925 bits per heavy atom. The molecule has 0 aliphatic heterocycles. The second-order valence-corrected chi connectivity index (χ2v) is 18.6. The second-order valence-electron chi connectivity index (χ2n) is 18.6. The number of unbranched alkanes of at least 4 members (excludes halogenated alkanes) is 29. The van der Waals surface area contributed by atoms with Crippen molar-refractivity contribution in [1.29, 1.82) is 0 Å². The van der Waals surface area contributed by atoms with Gasteiger partial charge < -0.3 is 14.2 Å². The van der Waals surface area contributed by atoms with Crippen LogP contribution in [0.4, 0.5) is 0 Å². The van der Waals surface area contributed by atoms with E-state index in [0.717, 1.165) is 103 Å². The number of carbonyl (C=O) groups is 3. The summed E-state index contributed by atoms with van der Waals surface area (Å²) in [5.74, 6) is -0.948. The van der Waals surface area contributed by atoms with Gasteiger partial charge in [-0.25, -0.2) is 0 Å². The zero-order chi connectivity index (χ0) is 48.6. The fourth-order valence-corrected chi connectivity index (χ4v) is 7.72. The summed E-state index contributed by atoms with van der Waals surface area (Å²) in [4.78, 5) is 38.1. The molecule has 1 unspecified atom stereocenters. The molecule has 0 heterocycles. The highest BCUT2D eigenvalue weighted by atomic mass is 16.6. The first-order valence-corrected chi connectivity index (χ1v) is 28.2. The third-order valence-corrected chi connectivity index (χ3v) is 12.0. The Morgan fingerprint density at radius 2 is 0.582 bits per heavy atom. The zero-order valence-corrected chi connectivity index (χ0v) is 43.9. The van der Waals surface area contributed by atoms with Gasteiger partial charge >= 0.3 is 17.9 Å². The van der Waals surface area contributed by atoms with Crippen LogP contribution in [0.5, 0.6) is 0 Å². The molecule has 0 aromatic carbocycles. The molecule has 0 radical (unpaired) electrons. The van der Waals surface area contributed by atoms with E-state index in [0.29, 0.717) is 12.8 Å². The molecule has 67 heavy (non-hydrogen) atoms. The van der Waals surface area contributed by atoms with E-state index in [-0.39, 0.29) is 37.5 Å². The van der Waals surface area contributed by atoms with Gasteiger partial charge in [0.15, 0.2) is 6.10 Å². The predicted molar refractivity (Wildman–Crippen MR) is 288 cm³/mol. The number of carbonyl (C=O) groups excluding carboxylic acids is 3. The molecule has 0 spiro atoms. The van der Waals surface area contributed by atoms with Crippen LogP contribution in [0.3, 0.4) is 0 Å². The molecular formula is C61H104O6. The molecule has 0 saturated carbocycles. The molecular weight excluding hydrogens is 829 g/mol. The lowest BCUT2D eigenvalue weighted by molar-refractivity contribution is -0.167. The summed E-state index contributed by atoms with van der Waals surface area (Å²) in [7, 11) is 0. The van der Waals surface area contributed by atoms with E-state index in [9.17, 15) is 14.4 Å². The minimum absolute atomic E-state index is 0.0990. The van der Waals surface area contributed by atoms with Gasteiger partial charge in [-0.3, -0.25) is 14.4 Å². The smallest absolute Gasteiger partial charge is 0.306 e. The standard InChI is InChI=1S/C61H104O6/c1-4-7-10-13-16-19-22-25-28-30-31-34-36-39-42-45-48-51-54-60(63)66-57-58(56-65-59(62)53-50-47-44-41-38-35-32-27-24-21-18-15-12-9-6-3)67-61(64)55-52-49-46-43-40-37-33-29-26-23-20-17-14-11-8-5-2/h9,12,15,18,21,24,28-31,33-34,37,40,58H,4-8,10-11,13-14,16-17,19-20,22-23,25-27,32,35-36,38-39,41-57H2,1-3H3/b12-9-,18-15-,24-21-,30-28-,33-29-,34-31-,40-37-. The van der Waals surface area contributed by atoms with Crippen LogP contribution in [-0.4, -0.2) is 37.2 Å². The van der Waals surface area contributed by atoms with Crippen molar-refractivity contribution >= 4 is 17.9 Å². The summed E-state index contributed by atoms with van der Waals surface area (Å²) in [6.45, 7) is 6.46. The summed E-state index contributed by atoms with van der Waals surface area (Å²) in [6.07, 6.45) is 71.4. The van der Waals surface area contributed by atoms with Crippen LogP contribution in [-0.2, 0) is 28.6 Å². The normalized spacial score (nSPS) is 12.7. The first-order valence-electron chi connectivity index (χ1n) is 28.2. The van der Waals surface area contributed by atoms with E-state index in [1.165, 1.54) is 122 Å². The van der Waals surface area contributed by atoms with Gasteiger partial charge in [-0.1, -0.05) is 241 Å². The van der Waals surface area contributed by atoms with E-state index in [4.69, 9.17) is 14.2 Å². The molecule has 0 rings (SSSR count). The van der Waals surface area contributed by atoms with Gasteiger partial charge in [-0.2, -0.15) is 0 Å². The third kappa shape index (κ3) is 53.4. The number of ether oxygens (including phenoxy) is 3. The minimum atomic E-state index is -0.803. The van der Waals surface area contributed by atoms with Crippen LogP contribution in [0, 0.1) is 0 Å². The SMILES string of the molecule is CC\C=C/C=C\C=C/CCCCCCCCCC(=O)OCC(COC(=O)CCCCCCC/C=C\C=C/CCCCCCCCC)OC(=O)CCCCC/C=C\C=C/CCCCCCCCC. The maximum Gasteiger partial charge on any atom is 0.306 e.